The fraction of sp³-hybridized carbons (Fsp3) is 0.412. The summed E-state index contributed by atoms with van der Waals surface area (Å²) in [5, 5.41) is 8.32. The largest absolute Gasteiger partial charge is 0.493 e. The zero-order valence-electron chi connectivity index (χ0n) is 15.5. The van der Waals surface area contributed by atoms with Gasteiger partial charge in [0.2, 0.25) is 0 Å². The van der Waals surface area contributed by atoms with Gasteiger partial charge in [-0.3, -0.25) is 15.1 Å². The van der Waals surface area contributed by atoms with Crippen molar-refractivity contribution < 1.29 is 9.53 Å². The fourth-order valence-electron chi connectivity index (χ4n) is 2.45. The molecule has 1 heterocycles. The van der Waals surface area contributed by atoms with E-state index in [9.17, 15) is 4.79 Å². The van der Waals surface area contributed by atoms with Crippen LogP contribution in [0.1, 0.15) is 22.5 Å². The number of halogens is 2. The van der Waals surface area contributed by atoms with E-state index in [-0.39, 0.29) is 36.7 Å². The Morgan fingerprint density at radius 3 is 2.46 bits per heavy atom. The van der Waals surface area contributed by atoms with Crippen molar-refractivity contribution in [1.82, 2.24) is 14.8 Å². The smallest absolute Gasteiger partial charge is 0.276 e. The number of aryl methyl sites for hydroxylation is 1. The van der Waals surface area contributed by atoms with Crippen molar-refractivity contribution in [3.63, 3.8) is 0 Å². The molecule has 0 radical (unpaired) electrons. The molecule has 0 aliphatic carbocycles. The lowest BCUT2D eigenvalue weighted by Gasteiger charge is -2.12. The van der Waals surface area contributed by atoms with Gasteiger partial charge in [-0.05, 0) is 45.1 Å². The van der Waals surface area contributed by atoms with E-state index in [1.807, 2.05) is 33.2 Å². The molecule has 0 aliphatic heterocycles. The maximum absolute atomic E-state index is 12.3. The first kappa shape index (κ1) is 24.0. The van der Waals surface area contributed by atoms with E-state index in [4.69, 9.17) is 15.9 Å². The van der Waals surface area contributed by atoms with Crippen molar-refractivity contribution in [2.45, 2.75) is 13.3 Å². The number of nitrogens with one attached hydrogen (secondary N) is 2. The molecule has 0 saturated heterocycles. The van der Waals surface area contributed by atoms with Gasteiger partial charge in [-0.1, -0.05) is 0 Å². The number of hydrogen-bond donors (Lipinski definition) is 3. The summed E-state index contributed by atoms with van der Waals surface area (Å²) in [6, 6.07) is 5.64. The maximum Gasteiger partial charge on any atom is 0.276 e. The lowest BCUT2D eigenvalue weighted by molar-refractivity contribution is 0.0864. The predicted octanol–water partition coefficient (Wildman–Crippen LogP) is 2.62. The summed E-state index contributed by atoms with van der Waals surface area (Å²) in [4.78, 5) is 18.6. The number of carbonyl (C=O) groups is 1. The van der Waals surface area contributed by atoms with Crippen molar-refractivity contribution in [1.29, 1.82) is 5.41 Å². The van der Waals surface area contributed by atoms with Crippen LogP contribution in [0, 0.1) is 12.3 Å². The molecule has 4 N–H and O–H groups in total. The highest BCUT2D eigenvalue weighted by molar-refractivity contribution is 6.06. The van der Waals surface area contributed by atoms with E-state index in [1.165, 1.54) is 7.05 Å². The summed E-state index contributed by atoms with van der Waals surface area (Å²) < 4.78 is 5.80. The third kappa shape index (κ3) is 5.79. The minimum absolute atomic E-state index is 0. The van der Waals surface area contributed by atoms with Gasteiger partial charge in [-0.2, -0.15) is 0 Å². The minimum Gasteiger partial charge on any atom is -0.493 e. The number of aromatic amines is 1. The molecule has 0 atom stereocenters. The van der Waals surface area contributed by atoms with Gasteiger partial charge in [-0.15, -0.1) is 24.8 Å². The molecule has 1 amide bonds. The summed E-state index contributed by atoms with van der Waals surface area (Å²) in [5.41, 5.74) is 7.62. The number of H-pyrrole nitrogens is 1. The number of benzene rings is 1. The van der Waals surface area contributed by atoms with Crippen molar-refractivity contribution in [2.75, 3.05) is 34.3 Å². The highest BCUT2D eigenvalue weighted by atomic mass is 35.5. The first-order valence-electron chi connectivity index (χ1n) is 7.82. The first-order chi connectivity index (χ1) is 11.3. The summed E-state index contributed by atoms with van der Waals surface area (Å²) in [5.74, 6) is 0.145. The van der Waals surface area contributed by atoms with E-state index in [2.05, 4.69) is 9.88 Å². The molecule has 2 aromatic rings. The Hall–Kier alpha value is -1.96. The molecule has 9 heteroatoms. The molecular formula is C17H27Cl2N5O2. The summed E-state index contributed by atoms with van der Waals surface area (Å²) in [6.07, 6.45) is 0.946. The number of nitrogens with zero attached hydrogens (tertiary/aromatic N) is 2. The first-order valence-corrected chi connectivity index (χ1v) is 7.82. The van der Waals surface area contributed by atoms with Crippen LogP contribution in [0.15, 0.2) is 18.2 Å². The number of amides is 1. The Kier molecular flexibility index (Phi) is 9.48. The van der Waals surface area contributed by atoms with Crippen molar-refractivity contribution >= 4 is 47.6 Å². The Bertz CT molecular complexity index is 761. The summed E-state index contributed by atoms with van der Waals surface area (Å²) in [6.45, 7) is 3.59. The summed E-state index contributed by atoms with van der Waals surface area (Å²) >= 11 is 0. The lowest BCUT2D eigenvalue weighted by Crippen LogP contribution is -2.38. The van der Waals surface area contributed by atoms with Crippen LogP contribution < -0.4 is 10.5 Å². The molecule has 7 nitrogen and oxygen atoms in total. The van der Waals surface area contributed by atoms with Crippen LogP contribution in [0.25, 0.3) is 10.9 Å². The van der Waals surface area contributed by atoms with Gasteiger partial charge < -0.3 is 20.4 Å². The Labute approximate surface area is 166 Å². The molecular weight excluding hydrogens is 377 g/mol. The van der Waals surface area contributed by atoms with E-state index < -0.39 is 0 Å². The average molecular weight is 404 g/mol. The zero-order valence-corrected chi connectivity index (χ0v) is 17.1. The number of guanidine groups is 1. The monoisotopic (exact) mass is 403 g/mol. The van der Waals surface area contributed by atoms with Gasteiger partial charge in [0, 0.05) is 30.6 Å². The SMILES string of the molecule is Cc1cc(OCCCN(C)C)cc2[nH]c(C(=O)N(C)C(=N)N)cc12.Cl.Cl. The number of carbonyl (C=O) groups excluding carboxylic acids is 1. The molecule has 0 fully saturated rings. The molecule has 2 rings (SSSR count). The molecule has 0 aliphatic rings. The number of aromatic nitrogens is 1. The second kappa shape index (κ2) is 10.3. The third-order valence-electron chi connectivity index (χ3n) is 3.83. The van der Waals surface area contributed by atoms with E-state index in [0.29, 0.717) is 12.3 Å². The number of hydrogen-bond acceptors (Lipinski definition) is 4. The van der Waals surface area contributed by atoms with E-state index in [0.717, 1.165) is 40.1 Å². The lowest BCUT2D eigenvalue weighted by atomic mass is 10.1. The fourth-order valence-corrected chi connectivity index (χ4v) is 2.45. The van der Waals surface area contributed by atoms with Gasteiger partial charge in [0.1, 0.15) is 11.4 Å². The van der Waals surface area contributed by atoms with E-state index >= 15 is 0 Å². The zero-order chi connectivity index (χ0) is 17.9. The molecule has 146 valence electrons. The molecule has 1 aromatic carbocycles. The van der Waals surface area contributed by atoms with Crippen LogP contribution in [0.3, 0.4) is 0 Å². The summed E-state index contributed by atoms with van der Waals surface area (Å²) in [7, 11) is 5.54. The average Bonchev–Trinajstić information content (AvgIpc) is 2.94. The maximum atomic E-state index is 12.3. The number of ether oxygens (including phenoxy) is 1. The molecule has 0 bridgehead atoms. The van der Waals surface area contributed by atoms with Gasteiger partial charge >= 0.3 is 0 Å². The molecule has 0 unspecified atom stereocenters. The molecule has 1 aromatic heterocycles. The van der Waals surface area contributed by atoms with Gasteiger partial charge in [-0.25, -0.2) is 0 Å². The second-order valence-electron chi connectivity index (χ2n) is 6.14. The Balaban J connectivity index is 0.00000312. The van der Waals surface area contributed by atoms with Crippen LogP contribution >= 0.6 is 24.8 Å². The third-order valence-corrected chi connectivity index (χ3v) is 3.83. The topological polar surface area (TPSA) is 98.4 Å². The normalized spacial score (nSPS) is 10.2. The van der Waals surface area contributed by atoms with Crippen molar-refractivity contribution in [2.24, 2.45) is 5.73 Å². The molecule has 26 heavy (non-hydrogen) atoms. The number of nitrogens with two attached hydrogens (primary N) is 1. The quantitative estimate of drug-likeness (QED) is 0.392. The van der Waals surface area contributed by atoms with Crippen LogP contribution in [0.4, 0.5) is 0 Å². The number of fused-ring (bicyclic) bond motifs is 1. The Morgan fingerprint density at radius 1 is 1.23 bits per heavy atom. The van der Waals surface area contributed by atoms with Gasteiger partial charge in [0.05, 0.1) is 6.61 Å². The van der Waals surface area contributed by atoms with Crippen LogP contribution in [-0.2, 0) is 0 Å². The van der Waals surface area contributed by atoms with Gasteiger partial charge in [0.25, 0.3) is 5.91 Å². The predicted molar refractivity (Wildman–Crippen MR) is 110 cm³/mol. The standard InChI is InChI=1S/C17H25N5O2.2ClH/c1-11-8-12(24-7-5-6-21(2)3)9-14-13(11)10-15(20-14)16(23)22(4)17(18)19;;/h8-10,20H,5-7H2,1-4H3,(H3,18,19);2*1H. The van der Waals surface area contributed by atoms with E-state index in [1.54, 1.807) is 6.07 Å². The minimum atomic E-state index is -0.341. The van der Waals surface area contributed by atoms with Crippen molar-refractivity contribution in [3.05, 3.63) is 29.5 Å². The van der Waals surface area contributed by atoms with Crippen LogP contribution in [0.5, 0.6) is 5.75 Å². The van der Waals surface area contributed by atoms with Crippen LogP contribution in [0.2, 0.25) is 0 Å². The molecule has 0 saturated carbocycles. The van der Waals surface area contributed by atoms with Crippen molar-refractivity contribution in [3.8, 4) is 5.75 Å². The highest BCUT2D eigenvalue weighted by Gasteiger charge is 2.17. The number of rotatable bonds is 6. The Morgan fingerprint density at radius 2 is 1.88 bits per heavy atom. The van der Waals surface area contributed by atoms with Crippen LogP contribution in [-0.4, -0.2) is 60.9 Å². The van der Waals surface area contributed by atoms with Gasteiger partial charge in [0.15, 0.2) is 5.96 Å². The second-order valence-corrected chi connectivity index (χ2v) is 6.14. The highest BCUT2D eigenvalue weighted by Crippen LogP contribution is 2.26. The molecule has 0 spiro atoms.